The van der Waals surface area contributed by atoms with Gasteiger partial charge < -0.3 is 14.6 Å². The molecule has 0 aliphatic heterocycles. The number of aromatic nitrogens is 1. The van der Waals surface area contributed by atoms with Crippen LogP contribution in [-0.2, 0) is 21.2 Å². The van der Waals surface area contributed by atoms with Crippen LogP contribution in [0.3, 0.4) is 0 Å². The summed E-state index contributed by atoms with van der Waals surface area (Å²) in [5, 5.41) is 2.52. The monoisotopic (exact) mass is 463 g/mol. The number of halogens is 3. The highest BCUT2D eigenvalue weighted by Gasteiger charge is 2.31. The Balaban J connectivity index is 2.12. The first-order valence-corrected chi connectivity index (χ1v) is 10.0. The molecule has 0 aliphatic rings. The van der Waals surface area contributed by atoms with Crippen LogP contribution in [0.25, 0.3) is 0 Å². The second-order valence-corrected chi connectivity index (χ2v) is 8.45. The molecule has 1 aromatic carbocycles. The molecule has 0 bridgehead atoms. The Hall–Kier alpha value is -3.13. The predicted octanol–water partition coefficient (Wildman–Crippen LogP) is 1.74. The van der Waals surface area contributed by atoms with E-state index in [1.54, 1.807) is 11.6 Å². The number of nitrogens with one attached hydrogen (secondary N) is 2. The average Bonchev–Trinajstić information content (AvgIpc) is 3.10. The highest BCUT2D eigenvalue weighted by Crippen LogP contribution is 2.32. The van der Waals surface area contributed by atoms with Crippen molar-refractivity contribution in [1.82, 2.24) is 18.9 Å². The van der Waals surface area contributed by atoms with Crippen LogP contribution in [0.1, 0.15) is 21.6 Å². The smallest absolute Gasteiger partial charge is 0.416 e. The second-order valence-electron chi connectivity index (χ2n) is 6.67. The highest BCUT2D eigenvalue weighted by atomic mass is 32.2. The zero-order valence-electron chi connectivity index (χ0n) is 16.9. The minimum Gasteiger partial charge on any atom is -0.431 e. The lowest BCUT2D eigenvalue weighted by molar-refractivity contribution is -0.137. The van der Waals surface area contributed by atoms with Crippen molar-refractivity contribution >= 4 is 33.7 Å². The third-order valence-corrected chi connectivity index (χ3v) is 5.43. The Kier molecular flexibility index (Phi) is 6.96. The lowest BCUT2D eigenvalue weighted by Gasteiger charge is -2.18. The zero-order valence-corrected chi connectivity index (χ0v) is 17.8. The Morgan fingerprint density at radius 2 is 1.84 bits per heavy atom. The van der Waals surface area contributed by atoms with Crippen LogP contribution in [0.2, 0.25) is 0 Å². The molecule has 0 unspecified atom stereocenters. The summed E-state index contributed by atoms with van der Waals surface area (Å²) in [6.07, 6.45) is -3.72. The van der Waals surface area contributed by atoms with E-state index in [-0.39, 0.29) is 11.7 Å². The number of nitrogens with zero attached hydrogens (tertiary/aromatic N) is 3. The molecule has 2 N–H and O–H groups in total. The fourth-order valence-corrected chi connectivity index (χ4v) is 2.92. The van der Waals surface area contributed by atoms with Crippen molar-refractivity contribution in [1.29, 1.82) is 0 Å². The van der Waals surface area contributed by atoms with Crippen molar-refractivity contribution in [2.24, 2.45) is 0 Å². The summed E-state index contributed by atoms with van der Waals surface area (Å²) in [7, 11) is -0.371. The first kappa shape index (κ1) is 24.1. The van der Waals surface area contributed by atoms with Gasteiger partial charge in [-0.2, -0.15) is 30.9 Å². The summed E-state index contributed by atoms with van der Waals surface area (Å²) in [4.78, 5) is 28.8. The summed E-state index contributed by atoms with van der Waals surface area (Å²) < 4.78 is 70.4. The van der Waals surface area contributed by atoms with Crippen LogP contribution in [0.4, 0.5) is 24.9 Å². The molecular formula is C17H20F3N5O5S. The van der Waals surface area contributed by atoms with Gasteiger partial charge in [0.2, 0.25) is 5.91 Å². The van der Waals surface area contributed by atoms with E-state index in [0.29, 0.717) is 9.87 Å². The van der Waals surface area contributed by atoms with Gasteiger partial charge in [0.05, 0.1) is 12.1 Å². The summed E-state index contributed by atoms with van der Waals surface area (Å²) in [6.45, 7) is 1.05. The number of hydrogen-bond donors (Lipinski definition) is 2. The van der Waals surface area contributed by atoms with Crippen molar-refractivity contribution in [3.63, 3.8) is 0 Å². The van der Waals surface area contributed by atoms with Gasteiger partial charge in [-0.1, -0.05) is 6.07 Å². The number of rotatable bonds is 7. The first-order chi connectivity index (χ1) is 14.2. The average molecular weight is 463 g/mol. The fraction of sp³-hybridized carbons (Fsp3) is 0.353. The van der Waals surface area contributed by atoms with Crippen LogP contribution in [0.15, 0.2) is 28.9 Å². The molecule has 31 heavy (non-hydrogen) atoms. The number of oxazole rings is 1. The van der Waals surface area contributed by atoms with Gasteiger partial charge in [-0.05, 0) is 24.6 Å². The van der Waals surface area contributed by atoms with Crippen LogP contribution < -0.4 is 10.0 Å². The van der Waals surface area contributed by atoms with Gasteiger partial charge in [0.25, 0.3) is 11.9 Å². The molecule has 14 heteroatoms. The number of anilines is 2. The Morgan fingerprint density at radius 1 is 1.19 bits per heavy atom. The predicted molar refractivity (Wildman–Crippen MR) is 104 cm³/mol. The number of amides is 2. The minimum atomic E-state index is -4.56. The normalized spacial score (nSPS) is 12.0. The van der Waals surface area contributed by atoms with E-state index in [9.17, 15) is 31.2 Å². The molecule has 1 aromatic heterocycles. The quantitative estimate of drug-likeness (QED) is 0.641. The van der Waals surface area contributed by atoms with E-state index in [0.717, 1.165) is 25.4 Å². The summed E-state index contributed by atoms with van der Waals surface area (Å²) >= 11 is 0. The number of carbonyl (C=O) groups excluding carboxylic acids is 2. The number of hydrogen-bond acceptors (Lipinski definition) is 7. The highest BCUT2D eigenvalue weighted by molar-refractivity contribution is 7.87. The van der Waals surface area contributed by atoms with E-state index >= 15 is 0 Å². The topological polar surface area (TPSA) is 125 Å². The number of aryl methyl sites for hydroxylation is 1. The maximum absolute atomic E-state index is 12.9. The number of benzene rings is 1. The van der Waals surface area contributed by atoms with Crippen LogP contribution in [-0.4, -0.2) is 62.1 Å². The maximum atomic E-state index is 12.9. The van der Waals surface area contributed by atoms with Gasteiger partial charge >= 0.3 is 16.4 Å². The maximum Gasteiger partial charge on any atom is 0.416 e. The molecule has 1 heterocycles. The molecular weight excluding hydrogens is 443 g/mol. The molecule has 0 saturated carbocycles. The lowest BCUT2D eigenvalue weighted by Crippen LogP contribution is -2.45. The van der Waals surface area contributed by atoms with E-state index in [2.05, 4.69) is 10.3 Å². The van der Waals surface area contributed by atoms with Crippen molar-refractivity contribution in [2.75, 3.05) is 33.0 Å². The Morgan fingerprint density at radius 3 is 2.42 bits per heavy atom. The Labute approximate surface area is 176 Å². The third-order valence-electron chi connectivity index (χ3n) is 4.03. The molecule has 0 aliphatic carbocycles. The van der Waals surface area contributed by atoms with Crippen molar-refractivity contribution in [2.45, 2.75) is 13.1 Å². The van der Waals surface area contributed by atoms with Gasteiger partial charge in [0, 0.05) is 26.8 Å². The molecule has 0 radical (unpaired) electrons. The van der Waals surface area contributed by atoms with Crippen molar-refractivity contribution in [3.05, 3.63) is 41.3 Å². The molecule has 0 saturated heterocycles. The molecule has 0 fully saturated rings. The number of carbonyl (C=O) groups is 2. The molecule has 2 rings (SSSR count). The molecule has 0 spiro atoms. The van der Waals surface area contributed by atoms with E-state index < -0.39 is 46.0 Å². The lowest BCUT2D eigenvalue weighted by atomic mass is 10.1. The van der Waals surface area contributed by atoms with Gasteiger partial charge in [-0.25, -0.2) is 4.72 Å². The zero-order chi connectivity index (χ0) is 23.6. The van der Waals surface area contributed by atoms with Crippen LogP contribution in [0.5, 0.6) is 0 Å². The molecule has 10 nitrogen and oxygen atoms in total. The van der Waals surface area contributed by atoms with Gasteiger partial charge in [0.1, 0.15) is 6.26 Å². The van der Waals surface area contributed by atoms with Gasteiger partial charge in [0.15, 0.2) is 5.69 Å². The van der Waals surface area contributed by atoms with Crippen LogP contribution >= 0.6 is 0 Å². The van der Waals surface area contributed by atoms with Crippen molar-refractivity contribution < 1.29 is 35.6 Å². The number of alkyl halides is 3. The largest absolute Gasteiger partial charge is 0.431 e. The van der Waals surface area contributed by atoms with Gasteiger partial charge in [-0.3, -0.25) is 9.59 Å². The molecule has 2 aromatic rings. The second kappa shape index (κ2) is 8.93. The summed E-state index contributed by atoms with van der Waals surface area (Å²) in [5.41, 5.74) is -0.847. The standard InChI is InChI=1S/C17H20F3N5O5S/c1-10-5-6-11(17(18,19)20)7-12(10)21-16-22-13(9-30-16)15(27)23-31(28,29)25(4)8-14(26)24(2)3/h5-7,9H,8H2,1-4H3,(H,21,22)(H,23,27). The molecule has 0 atom stereocenters. The summed E-state index contributed by atoms with van der Waals surface area (Å²) in [6, 6.07) is 2.69. The summed E-state index contributed by atoms with van der Waals surface area (Å²) in [5.74, 6) is -1.66. The number of likely N-dealkylation sites (N-methyl/N-ethyl adjacent to an activating group) is 2. The fourth-order valence-electron chi connectivity index (χ4n) is 2.15. The third kappa shape index (κ3) is 6.18. The van der Waals surface area contributed by atoms with Crippen LogP contribution in [0, 0.1) is 6.92 Å². The Bertz CT molecular complexity index is 1080. The van der Waals surface area contributed by atoms with Gasteiger partial charge in [-0.15, -0.1) is 0 Å². The SMILES string of the molecule is Cc1ccc(C(F)(F)F)cc1Nc1nc(C(=O)NS(=O)(=O)N(C)CC(=O)N(C)C)co1. The first-order valence-electron chi connectivity index (χ1n) is 8.59. The molecule has 2 amide bonds. The molecule has 170 valence electrons. The van der Waals surface area contributed by atoms with E-state index in [1.807, 2.05) is 0 Å². The van der Waals surface area contributed by atoms with E-state index in [4.69, 9.17) is 4.42 Å². The van der Waals surface area contributed by atoms with Crippen molar-refractivity contribution in [3.8, 4) is 0 Å². The van der Waals surface area contributed by atoms with E-state index in [1.165, 1.54) is 25.1 Å². The minimum absolute atomic E-state index is 0.0400.